The van der Waals surface area contributed by atoms with Gasteiger partial charge in [-0.1, -0.05) is 12.1 Å². The quantitative estimate of drug-likeness (QED) is 0.265. The standard InChI is InChI=1S/C22H26FN3O3S.HI/c1-5-24-22(25-12-16-6-9-21(14(2)10-16)30(4,27)28)26-13-20-15(3)18-11-17(23)7-8-19(18)29-20;/h6-11H,5,12-13H2,1-4H3,(H2,24,25,26);1H. The molecule has 1 heterocycles. The number of sulfone groups is 1. The molecule has 2 aromatic carbocycles. The van der Waals surface area contributed by atoms with Gasteiger partial charge in [0.1, 0.15) is 17.2 Å². The Balaban J connectivity index is 0.00000341. The number of aliphatic imine (C=N–C) groups is 1. The maximum atomic E-state index is 13.5. The Bertz CT molecular complexity index is 1210. The minimum atomic E-state index is -3.24. The maximum absolute atomic E-state index is 13.5. The zero-order valence-corrected chi connectivity index (χ0v) is 21.1. The van der Waals surface area contributed by atoms with Crippen LogP contribution in [0.3, 0.4) is 0 Å². The number of furan rings is 1. The van der Waals surface area contributed by atoms with Crippen molar-refractivity contribution in [2.75, 3.05) is 12.8 Å². The molecule has 168 valence electrons. The molecular formula is C22H27FIN3O3S. The van der Waals surface area contributed by atoms with Gasteiger partial charge in [0, 0.05) is 23.8 Å². The zero-order valence-electron chi connectivity index (χ0n) is 18.0. The van der Waals surface area contributed by atoms with Gasteiger partial charge in [0.2, 0.25) is 0 Å². The molecule has 9 heteroatoms. The van der Waals surface area contributed by atoms with Crippen LogP contribution in [0.4, 0.5) is 4.39 Å². The predicted octanol–water partition coefficient (Wildman–Crippen LogP) is 4.47. The minimum absolute atomic E-state index is 0. The summed E-state index contributed by atoms with van der Waals surface area (Å²) >= 11 is 0. The number of benzene rings is 2. The number of nitrogens with one attached hydrogen (secondary N) is 2. The first-order valence-corrected chi connectivity index (χ1v) is 11.6. The van der Waals surface area contributed by atoms with Gasteiger partial charge in [-0.05, 0) is 56.2 Å². The summed E-state index contributed by atoms with van der Waals surface area (Å²) in [7, 11) is -3.24. The van der Waals surface area contributed by atoms with Crippen LogP contribution in [0.25, 0.3) is 11.0 Å². The molecule has 6 nitrogen and oxygen atoms in total. The molecule has 2 N–H and O–H groups in total. The van der Waals surface area contributed by atoms with Gasteiger partial charge in [-0.3, -0.25) is 0 Å². The molecule has 0 radical (unpaired) electrons. The van der Waals surface area contributed by atoms with Gasteiger partial charge in [-0.15, -0.1) is 24.0 Å². The van der Waals surface area contributed by atoms with Crippen molar-refractivity contribution in [1.29, 1.82) is 0 Å². The van der Waals surface area contributed by atoms with Crippen molar-refractivity contribution >= 4 is 50.7 Å². The Morgan fingerprint density at radius 1 is 1.13 bits per heavy atom. The molecule has 1 aromatic heterocycles. The first kappa shape index (κ1) is 25.1. The Morgan fingerprint density at radius 2 is 1.87 bits per heavy atom. The first-order valence-electron chi connectivity index (χ1n) is 9.68. The Labute approximate surface area is 199 Å². The van der Waals surface area contributed by atoms with E-state index in [1.165, 1.54) is 18.4 Å². The van der Waals surface area contributed by atoms with E-state index in [4.69, 9.17) is 4.42 Å². The molecule has 0 atom stereocenters. The van der Waals surface area contributed by atoms with E-state index in [1.807, 2.05) is 19.9 Å². The maximum Gasteiger partial charge on any atom is 0.191 e. The van der Waals surface area contributed by atoms with Crippen molar-refractivity contribution in [3.05, 3.63) is 64.7 Å². The second-order valence-corrected chi connectivity index (χ2v) is 9.20. The number of rotatable bonds is 6. The molecule has 0 bridgehead atoms. The van der Waals surface area contributed by atoms with Gasteiger partial charge in [0.15, 0.2) is 15.8 Å². The van der Waals surface area contributed by atoms with E-state index in [2.05, 4.69) is 15.6 Å². The highest BCUT2D eigenvalue weighted by atomic mass is 127. The summed E-state index contributed by atoms with van der Waals surface area (Å²) in [4.78, 5) is 4.90. The van der Waals surface area contributed by atoms with Crippen LogP contribution in [-0.2, 0) is 22.9 Å². The molecule has 0 amide bonds. The van der Waals surface area contributed by atoms with E-state index in [1.54, 1.807) is 25.1 Å². The van der Waals surface area contributed by atoms with E-state index in [0.717, 1.165) is 22.3 Å². The highest BCUT2D eigenvalue weighted by molar-refractivity contribution is 14.0. The van der Waals surface area contributed by atoms with Gasteiger partial charge >= 0.3 is 0 Å². The fourth-order valence-corrected chi connectivity index (χ4v) is 4.27. The molecule has 0 aliphatic carbocycles. The van der Waals surface area contributed by atoms with Crippen LogP contribution in [-0.4, -0.2) is 27.2 Å². The number of fused-ring (bicyclic) bond motifs is 1. The molecule has 3 aromatic rings. The van der Waals surface area contributed by atoms with Crippen LogP contribution in [0.15, 0.2) is 50.7 Å². The molecule has 0 aliphatic rings. The summed E-state index contributed by atoms with van der Waals surface area (Å²) in [5.74, 6) is 1.03. The summed E-state index contributed by atoms with van der Waals surface area (Å²) in [5.41, 5.74) is 3.15. The first-order chi connectivity index (χ1) is 14.2. The van der Waals surface area contributed by atoms with Gasteiger partial charge < -0.3 is 15.1 Å². The Morgan fingerprint density at radius 3 is 2.52 bits per heavy atom. The summed E-state index contributed by atoms with van der Waals surface area (Å²) in [6, 6.07) is 9.70. The van der Waals surface area contributed by atoms with Crippen LogP contribution >= 0.6 is 24.0 Å². The summed E-state index contributed by atoms with van der Waals surface area (Å²) in [5, 5.41) is 7.17. The van der Waals surface area contributed by atoms with Crippen LogP contribution in [0.1, 0.15) is 29.4 Å². The van der Waals surface area contributed by atoms with E-state index in [9.17, 15) is 12.8 Å². The number of aryl methyl sites for hydroxylation is 2. The normalized spacial score (nSPS) is 12.0. The molecular weight excluding hydrogens is 532 g/mol. The monoisotopic (exact) mass is 559 g/mol. The number of nitrogens with zero attached hydrogens (tertiary/aromatic N) is 1. The average molecular weight is 559 g/mol. The smallest absolute Gasteiger partial charge is 0.191 e. The molecule has 0 saturated carbocycles. The molecule has 0 aliphatic heterocycles. The van der Waals surface area contributed by atoms with Crippen LogP contribution in [0.5, 0.6) is 0 Å². The van der Waals surface area contributed by atoms with Crippen molar-refractivity contribution in [2.24, 2.45) is 4.99 Å². The highest BCUT2D eigenvalue weighted by Crippen LogP contribution is 2.25. The predicted molar refractivity (Wildman–Crippen MR) is 132 cm³/mol. The number of guanidine groups is 1. The van der Waals surface area contributed by atoms with Gasteiger partial charge in [-0.2, -0.15) is 0 Å². The fourth-order valence-electron chi connectivity index (χ4n) is 3.31. The summed E-state index contributed by atoms with van der Waals surface area (Å²) < 4.78 is 42.9. The molecule has 0 spiro atoms. The van der Waals surface area contributed by atoms with Crippen molar-refractivity contribution in [1.82, 2.24) is 10.6 Å². The minimum Gasteiger partial charge on any atom is -0.459 e. The third-order valence-electron chi connectivity index (χ3n) is 4.82. The van der Waals surface area contributed by atoms with Crippen molar-refractivity contribution in [3.63, 3.8) is 0 Å². The average Bonchev–Trinajstić information content (AvgIpc) is 2.98. The van der Waals surface area contributed by atoms with Gasteiger partial charge in [0.25, 0.3) is 0 Å². The van der Waals surface area contributed by atoms with Crippen molar-refractivity contribution < 1.29 is 17.2 Å². The number of hydrogen-bond donors (Lipinski definition) is 2. The second kappa shape index (κ2) is 10.4. The van der Waals surface area contributed by atoms with Gasteiger partial charge in [0.05, 0.1) is 18.0 Å². The lowest BCUT2D eigenvalue weighted by Gasteiger charge is -2.11. The third kappa shape index (κ3) is 6.19. The fraction of sp³-hybridized carbons (Fsp3) is 0.318. The highest BCUT2D eigenvalue weighted by Gasteiger charge is 2.13. The largest absolute Gasteiger partial charge is 0.459 e. The van der Waals surface area contributed by atoms with Crippen molar-refractivity contribution in [2.45, 2.75) is 38.8 Å². The molecule has 0 unspecified atom stereocenters. The van der Waals surface area contributed by atoms with Crippen molar-refractivity contribution in [3.8, 4) is 0 Å². The van der Waals surface area contributed by atoms with E-state index >= 15 is 0 Å². The Hall–Kier alpha value is -2.14. The van der Waals surface area contributed by atoms with E-state index < -0.39 is 9.84 Å². The van der Waals surface area contributed by atoms with E-state index in [-0.39, 0.29) is 29.8 Å². The lowest BCUT2D eigenvalue weighted by Crippen LogP contribution is -2.36. The van der Waals surface area contributed by atoms with Crippen LogP contribution < -0.4 is 10.6 Å². The molecule has 0 saturated heterocycles. The number of halogens is 2. The SMILES string of the molecule is CCNC(=NCc1ccc(S(C)(=O)=O)c(C)c1)NCc1oc2ccc(F)cc2c1C.I. The summed E-state index contributed by atoms with van der Waals surface area (Å²) in [6.45, 7) is 7.13. The number of hydrogen-bond acceptors (Lipinski definition) is 4. The van der Waals surface area contributed by atoms with Gasteiger partial charge in [-0.25, -0.2) is 17.8 Å². The van der Waals surface area contributed by atoms with E-state index in [0.29, 0.717) is 41.6 Å². The second-order valence-electron chi connectivity index (χ2n) is 7.21. The summed E-state index contributed by atoms with van der Waals surface area (Å²) in [6.07, 6.45) is 1.20. The van der Waals surface area contributed by atoms with Crippen LogP contribution in [0, 0.1) is 19.7 Å². The zero-order chi connectivity index (χ0) is 21.9. The third-order valence-corrected chi connectivity index (χ3v) is 6.07. The lowest BCUT2D eigenvalue weighted by molar-refractivity contribution is 0.534. The Kier molecular flexibility index (Phi) is 8.47. The molecule has 3 rings (SSSR count). The molecule has 31 heavy (non-hydrogen) atoms. The topological polar surface area (TPSA) is 83.7 Å². The van der Waals surface area contributed by atoms with Crippen LogP contribution in [0.2, 0.25) is 0 Å². The lowest BCUT2D eigenvalue weighted by atomic mass is 10.1. The molecule has 0 fully saturated rings.